The van der Waals surface area contributed by atoms with E-state index in [1.807, 2.05) is 42.3 Å². The molecule has 0 spiro atoms. The van der Waals surface area contributed by atoms with Gasteiger partial charge in [-0.3, -0.25) is 0 Å². The van der Waals surface area contributed by atoms with E-state index in [9.17, 15) is 4.39 Å². The van der Waals surface area contributed by atoms with Gasteiger partial charge in [-0.25, -0.2) is 9.37 Å². The topological polar surface area (TPSA) is 57.2 Å². The maximum Gasteiger partial charge on any atom is 0.158 e. The Labute approximate surface area is 163 Å². The highest BCUT2D eigenvalue weighted by molar-refractivity contribution is 5.75. The summed E-state index contributed by atoms with van der Waals surface area (Å²) in [5, 5.41) is 11.2. The van der Waals surface area contributed by atoms with Gasteiger partial charge in [0.2, 0.25) is 0 Å². The van der Waals surface area contributed by atoms with E-state index in [1.54, 1.807) is 12.3 Å². The van der Waals surface area contributed by atoms with Gasteiger partial charge in [0.15, 0.2) is 11.6 Å². The van der Waals surface area contributed by atoms with E-state index in [4.69, 9.17) is 4.98 Å². The Morgan fingerprint density at radius 2 is 2.04 bits per heavy atom. The Bertz CT molecular complexity index is 991. The van der Waals surface area contributed by atoms with E-state index in [2.05, 4.69) is 27.0 Å². The zero-order valence-corrected chi connectivity index (χ0v) is 15.6. The Morgan fingerprint density at radius 3 is 2.82 bits per heavy atom. The lowest BCUT2D eigenvalue weighted by molar-refractivity contribution is 0.628. The number of pyridine rings is 1. The number of hydrogen-bond donors (Lipinski definition) is 1. The maximum absolute atomic E-state index is 13.7. The summed E-state index contributed by atoms with van der Waals surface area (Å²) in [6, 6.07) is 14.1. The lowest BCUT2D eigenvalue weighted by Gasteiger charge is -2.27. The van der Waals surface area contributed by atoms with Crippen molar-refractivity contribution >= 4 is 17.3 Å². The molecule has 3 heterocycles. The van der Waals surface area contributed by atoms with Crippen molar-refractivity contribution in [3.63, 3.8) is 0 Å². The van der Waals surface area contributed by atoms with Gasteiger partial charge in [0, 0.05) is 31.9 Å². The molecule has 0 atom stereocenters. The van der Waals surface area contributed by atoms with Gasteiger partial charge in [0.05, 0.1) is 11.4 Å². The second-order valence-corrected chi connectivity index (χ2v) is 6.66. The van der Waals surface area contributed by atoms with Crippen LogP contribution >= 0.6 is 0 Å². The van der Waals surface area contributed by atoms with E-state index in [0.717, 1.165) is 36.6 Å². The molecule has 28 heavy (non-hydrogen) atoms. The molecule has 1 aliphatic heterocycles. The predicted octanol–water partition coefficient (Wildman–Crippen LogP) is 3.91. The standard InChI is InChI=1S/C21H21FN6/c1-15(24-20-8-4-11-23-26-20)28-13-5-12-27(2)19-10-9-18(25-21(19)28)16-6-3-7-17(22)14-16/h3-4,6-11,14H,1,5,12-13H2,2H3,(H,24,26). The third-order valence-electron chi connectivity index (χ3n) is 4.69. The second-order valence-electron chi connectivity index (χ2n) is 6.66. The molecule has 142 valence electrons. The van der Waals surface area contributed by atoms with Crippen LogP contribution in [0, 0.1) is 5.82 Å². The fourth-order valence-corrected chi connectivity index (χ4v) is 3.28. The molecule has 0 unspecified atom stereocenters. The maximum atomic E-state index is 13.7. The van der Waals surface area contributed by atoms with Crippen LogP contribution in [-0.2, 0) is 0 Å². The predicted molar refractivity (Wildman–Crippen MR) is 110 cm³/mol. The van der Waals surface area contributed by atoms with Crippen LogP contribution in [0.3, 0.4) is 0 Å². The van der Waals surface area contributed by atoms with Crippen LogP contribution in [0.1, 0.15) is 6.42 Å². The first-order valence-electron chi connectivity index (χ1n) is 9.11. The van der Waals surface area contributed by atoms with Crippen LogP contribution in [0.15, 0.2) is 67.1 Å². The molecule has 3 aromatic rings. The van der Waals surface area contributed by atoms with E-state index in [0.29, 0.717) is 17.3 Å². The molecule has 4 rings (SSSR count). The van der Waals surface area contributed by atoms with Crippen LogP contribution in [0.5, 0.6) is 0 Å². The zero-order chi connectivity index (χ0) is 19.5. The Balaban J connectivity index is 1.72. The summed E-state index contributed by atoms with van der Waals surface area (Å²) in [7, 11) is 2.05. The fraction of sp³-hybridized carbons (Fsp3) is 0.190. The van der Waals surface area contributed by atoms with Crippen LogP contribution < -0.4 is 15.1 Å². The first-order valence-corrected chi connectivity index (χ1v) is 9.11. The minimum absolute atomic E-state index is 0.281. The first-order chi connectivity index (χ1) is 13.6. The number of anilines is 3. The highest BCUT2D eigenvalue weighted by Gasteiger charge is 2.23. The number of halogens is 1. The highest BCUT2D eigenvalue weighted by Crippen LogP contribution is 2.34. The molecular formula is C21H21FN6. The minimum atomic E-state index is -0.281. The summed E-state index contributed by atoms with van der Waals surface area (Å²) in [5.41, 5.74) is 2.45. The molecule has 2 aromatic heterocycles. The van der Waals surface area contributed by atoms with E-state index in [-0.39, 0.29) is 5.82 Å². The van der Waals surface area contributed by atoms with Gasteiger partial charge >= 0.3 is 0 Å². The Hall–Kier alpha value is -3.48. The van der Waals surface area contributed by atoms with Crippen molar-refractivity contribution in [3.8, 4) is 11.3 Å². The van der Waals surface area contributed by atoms with Crippen LogP contribution in [-0.4, -0.2) is 35.3 Å². The molecule has 0 saturated heterocycles. The number of benzene rings is 1. The minimum Gasteiger partial charge on any atom is -0.372 e. The number of nitrogens with one attached hydrogen (secondary N) is 1. The molecule has 6 nitrogen and oxygen atoms in total. The Morgan fingerprint density at radius 1 is 1.14 bits per heavy atom. The van der Waals surface area contributed by atoms with Crippen molar-refractivity contribution in [2.45, 2.75) is 6.42 Å². The normalized spacial score (nSPS) is 13.6. The fourth-order valence-electron chi connectivity index (χ4n) is 3.28. The SMILES string of the molecule is C=C(Nc1cccnn1)N1CCCN(C)c2ccc(-c3cccc(F)c3)nc21. The molecule has 0 amide bonds. The number of nitrogens with zero attached hydrogens (tertiary/aromatic N) is 5. The van der Waals surface area contributed by atoms with Gasteiger partial charge in [0.25, 0.3) is 0 Å². The molecular weight excluding hydrogens is 355 g/mol. The molecule has 0 radical (unpaired) electrons. The van der Waals surface area contributed by atoms with Gasteiger partial charge in [-0.2, -0.15) is 5.10 Å². The average molecular weight is 376 g/mol. The second kappa shape index (κ2) is 7.64. The lowest BCUT2D eigenvalue weighted by atomic mass is 10.1. The van der Waals surface area contributed by atoms with Crippen molar-refractivity contribution in [2.24, 2.45) is 0 Å². The molecule has 1 N–H and O–H groups in total. The van der Waals surface area contributed by atoms with E-state index in [1.165, 1.54) is 12.1 Å². The molecule has 0 saturated carbocycles. The summed E-state index contributed by atoms with van der Waals surface area (Å²) in [5.74, 6) is 1.79. The monoisotopic (exact) mass is 376 g/mol. The number of fused-ring (bicyclic) bond motifs is 1. The van der Waals surface area contributed by atoms with E-state index < -0.39 is 0 Å². The van der Waals surface area contributed by atoms with Gasteiger partial charge in [-0.15, -0.1) is 5.10 Å². The molecule has 0 bridgehead atoms. The molecule has 7 heteroatoms. The number of aromatic nitrogens is 3. The largest absolute Gasteiger partial charge is 0.372 e. The summed E-state index contributed by atoms with van der Waals surface area (Å²) < 4.78 is 13.7. The van der Waals surface area contributed by atoms with Crippen molar-refractivity contribution in [2.75, 3.05) is 35.3 Å². The van der Waals surface area contributed by atoms with Crippen molar-refractivity contribution in [1.29, 1.82) is 0 Å². The zero-order valence-electron chi connectivity index (χ0n) is 15.6. The van der Waals surface area contributed by atoms with Crippen LogP contribution in [0.4, 0.5) is 21.7 Å². The molecule has 0 aliphatic carbocycles. The molecule has 0 fully saturated rings. The third kappa shape index (κ3) is 3.64. The van der Waals surface area contributed by atoms with Gasteiger partial charge in [0.1, 0.15) is 11.6 Å². The number of hydrogen-bond acceptors (Lipinski definition) is 6. The van der Waals surface area contributed by atoms with E-state index >= 15 is 0 Å². The lowest BCUT2D eigenvalue weighted by Crippen LogP contribution is -2.28. The van der Waals surface area contributed by atoms with Crippen LogP contribution in [0.2, 0.25) is 0 Å². The van der Waals surface area contributed by atoms with Crippen LogP contribution in [0.25, 0.3) is 11.3 Å². The number of rotatable bonds is 4. The van der Waals surface area contributed by atoms with Gasteiger partial charge in [-0.05, 0) is 42.8 Å². The van der Waals surface area contributed by atoms with Crippen molar-refractivity contribution in [3.05, 3.63) is 72.9 Å². The summed E-state index contributed by atoms with van der Waals surface area (Å²) in [6.07, 6.45) is 2.57. The van der Waals surface area contributed by atoms with Crippen molar-refractivity contribution in [1.82, 2.24) is 15.2 Å². The quantitative estimate of drug-likeness (QED) is 0.745. The molecule has 1 aliphatic rings. The summed E-state index contributed by atoms with van der Waals surface area (Å²) in [6.45, 7) is 5.84. The summed E-state index contributed by atoms with van der Waals surface area (Å²) >= 11 is 0. The average Bonchev–Trinajstić information content (AvgIpc) is 2.87. The smallest absolute Gasteiger partial charge is 0.158 e. The Kier molecular flexibility index (Phi) is 4.89. The highest BCUT2D eigenvalue weighted by atomic mass is 19.1. The first kappa shape index (κ1) is 17.9. The van der Waals surface area contributed by atoms with Gasteiger partial charge < -0.3 is 15.1 Å². The third-order valence-corrected chi connectivity index (χ3v) is 4.69. The summed E-state index contributed by atoms with van der Waals surface area (Å²) in [4.78, 5) is 9.07. The van der Waals surface area contributed by atoms with Gasteiger partial charge in [-0.1, -0.05) is 18.7 Å². The van der Waals surface area contributed by atoms with Crippen molar-refractivity contribution < 1.29 is 4.39 Å². The molecule has 1 aromatic carbocycles.